The largest absolute Gasteiger partial charge is 0.396 e. The van der Waals surface area contributed by atoms with Gasteiger partial charge in [0.05, 0.1) is 5.69 Å². The fourth-order valence-electron chi connectivity index (χ4n) is 1.95. The molecule has 0 aliphatic heterocycles. The Morgan fingerprint density at radius 3 is 2.62 bits per heavy atom. The van der Waals surface area contributed by atoms with Crippen molar-refractivity contribution in [2.45, 2.75) is 20.8 Å². The van der Waals surface area contributed by atoms with Gasteiger partial charge in [0.2, 0.25) is 0 Å². The quantitative estimate of drug-likeness (QED) is 0.882. The number of nitrogens with zero attached hydrogens (tertiary/aromatic N) is 2. The van der Waals surface area contributed by atoms with Crippen molar-refractivity contribution < 1.29 is 9.90 Å². The smallest absolute Gasteiger partial charge is 0.271 e. The summed E-state index contributed by atoms with van der Waals surface area (Å²) in [5.74, 6) is -0.182. The highest BCUT2D eigenvalue weighted by Crippen LogP contribution is 2.13. The number of amides is 1. The second-order valence-electron chi connectivity index (χ2n) is 5.42. The van der Waals surface area contributed by atoms with Gasteiger partial charge in [-0.1, -0.05) is 24.6 Å². The van der Waals surface area contributed by atoms with Gasteiger partial charge in [-0.25, -0.2) is 4.68 Å². The number of benzene rings is 1. The lowest BCUT2D eigenvalue weighted by Gasteiger charge is -2.08. The first-order valence-electron chi connectivity index (χ1n) is 7.04. The standard InChI is InChI=1S/C16H21N3O2/c1-11-4-6-14(7-5-11)19-13(3)8-15(18-19)16(21)17-9-12(2)10-20/h4-8,12,20H,9-10H2,1-3H3,(H,17,21). The molecular formula is C16H21N3O2. The second kappa shape index (κ2) is 6.54. The summed E-state index contributed by atoms with van der Waals surface area (Å²) in [6.07, 6.45) is 0. The topological polar surface area (TPSA) is 67.2 Å². The zero-order valence-corrected chi connectivity index (χ0v) is 12.6. The van der Waals surface area contributed by atoms with Gasteiger partial charge < -0.3 is 10.4 Å². The molecule has 0 saturated carbocycles. The molecule has 1 aromatic carbocycles. The van der Waals surface area contributed by atoms with Gasteiger partial charge in [0.1, 0.15) is 0 Å². The number of carbonyl (C=O) groups is 1. The van der Waals surface area contributed by atoms with Crippen LogP contribution >= 0.6 is 0 Å². The van der Waals surface area contributed by atoms with E-state index in [9.17, 15) is 4.79 Å². The van der Waals surface area contributed by atoms with Crippen LogP contribution < -0.4 is 5.32 Å². The first-order chi connectivity index (χ1) is 10.0. The number of aliphatic hydroxyl groups excluding tert-OH is 1. The van der Waals surface area contributed by atoms with Crippen LogP contribution in [0.15, 0.2) is 30.3 Å². The summed E-state index contributed by atoms with van der Waals surface area (Å²) in [6, 6.07) is 9.74. The van der Waals surface area contributed by atoms with E-state index >= 15 is 0 Å². The summed E-state index contributed by atoms with van der Waals surface area (Å²) in [5, 5.41) is 16.1. The van der Waals surface area contributed by atoms with Crippen LogP contribution in [-0.4, -0.2) is 33.9 Å². The molecule has 2 N–H and O–H groups in total. The molecule has 1 unspecified atom stereocenters. The minimum atomic E-state index is -0.218. The van der Waals surface area contributed by atoms with Crippen molar-refractivity contribution in [3.05, 3.63) is 47.3 Å². The van der Waals surface area contributed by atoms with Gasteiger partial charge in [-0.15, -0.1) is 0 Å². The van der Waals surface area contributed by atoms with Crippen LogP contribution in [0, 0.1) is 19.8 Å². The molecule has 0 fully saturated rings. The average molecular weight is 287 g/mol. The van der Waals surface area contributed by atoms with Crippen LogP contribution in [0.25, 0.3) is 5.69 Å². The molecule has 21 heavy (non-hydrogen) atoms. The first-order valence-corrected chi connectivity index (χ1v) is 7.04. The Balaban J connectivity index is 2.15. The number of hydrogen-bond donors (Lipinski definition) is 2. The van der Waals surface area contributed by atoms with Gasteiger partial charge in [0.25, 0.3) is 5.91 Å². The van der Waals surface area contributed by atoms with E-state index in [1.165, 1.54) is 5.56 Å². The van der Waals surface area contributed by atoms with E-state index in [4.69, 9.17) is 5.11 Å². The fraction of sp³-hybridized carbons (Fsp3) is 0.375. The van der Waals surface area contributed by atoms with E-state index in [2.05, 4.69) is 10.4 Å². The fourth-order valence-corrected chi connectivity index (χ4v) is 1.95. The van der Waals surface area contributed by atoms with E-state index in [1.54, 1.807) is 10.7 Å². The molecule has 0 saturated heterocycles. The maximum Gasteiger partial charge on any atom is 0.271 e. The molecule has 0 aliphatic carbocycles. The molecule has 2 rings (SSSR count). The van der Waals surface area contributed by atoms with E-state index < -0.39 is 0 Å². The van der Waals surface area contributed by atoms with Gasteiger partial charge in [0, 0.05) is 18.8 Å². The Morgan fingerprint density at radius 1 is 1.33 bits per heavy atom. The Labute approximate surface area is 124 Å². The molecule has 0 aliphatic rings. The van der Waals surface area contributed by atoms with Gasteiger partial charge in [-0.05, 0) is 38.0 Å². The van der Waals surface area contributed by atoms with Crippen molar-refractivity contribution >= 4 is 5.91 Å². The van der Waals surface area contributed by atoms with Gasteiger partial charge in [-0.2, -0.15) is 5.10 Å². The number of nitrogens with one attached hydrogen (secondary N) is 1. The normalized spacial score (nSPS) is 12.2. The van der Waals surface area contributed by atoms with E-state index in [0.29, 0.717) is 12.2 Å². The number of rotatable bonds is 5. The molecular weight excluding hydrogens is 266 g/mol. The molecule has 5 nitrogen and oxygen atoms in total. The number of aryl methyl sites for hydroxylation is 2. The maximum atomic E-state index is 12.0. The van der Waals surface area contributed by atoms with Crippen molar-refractivity contribution in [1.29, 1.82) is 0 Å². The summed E-state index contributed by atoms with van der Waals surface area (Å²) in [7, 11) is 0. The number of aliphatic hydroxyl groups is 1. The minimum absolute atomic E-state index is 0.0363. The maximum absolute atomic E-state index is 12.0. The number of aromatic nitrogens is 2. The average Bonchev–Trinajstić information content (AvgIpc) is 2.87. The highest BCUT2D eigenvalue weighted by molar-refractivity contribution is 5.92. The van der Waals surface area contributed by atoms with Crippen molar-refractivity contribution in [2.75, 3.05) is 13.2 Å². The summed E-state index contributed by atoms with van der Waals surface area (Å²) in [4.78, 5) is 12.0. The van der Waals surface area contributed by atoms with Crippen molar-refractivity contribution in [2.24, 2.45) is 5.92 Å². The Hall–Kier alpha value is -2.14. The van der Waals surface area contributed by atoms with Crippen LogP contribution in [0.5, 0.6) is 0 Å². The van der Waals surface area contributed by atoms with Gasteiger partial charge in [0.15, 0.2) is 5.69 Å². The molecule has 1 atom stereocenters. The van der Waals surface area contributed by atoms with Crippen LogP contribution in [0.3, 0.4) is 0 Å². The SMILES string of the molecule is Cc1ccc(-n2nc(C(=O)NCC(C)CO)cc2C)cc1. The molecule has 0 spiro atoms. The Bertz CT molecular complexity index is 617. The Kier molecular flexibility index (Phi) is 4.75. The van der Waals surface area contributed by atoms with Crippen molar-refractivity contribution in [3.63, 3.8) is 0 Å². The molecule has 0 radical (unpaired) electrons. The summed E-state index contributed by atoms with van der Waals surface area (Å²) < 4.78 is 1.75. The minimum Gasteiger partial charge on any atom is -0.396 e. The predicted molar refractivity (Wildman–Crippen MR) is 81.6 cm³/mol. The number of hydrogen-bond acceptors (Lipinski definition) is 3. The van der Waals surface area contributed by atoms with Crippen LogP contribution in [0.4, 0.5) is 0 Å². The molecule has 5 heteroatoms. The molecule has 0 bridgehead atoms. The molecule has 112 valence electrons. The molecule has 2 aromatic rings. The van der Waals surface area contributed by atoms with E-state index in [-0.39, 0.29) is 18.4 Å². The number of carbonyl (C=O) groups excluding carboxylic acids is 1. The monoisotopic (exact) mass is 287 g/mol. The van der Waals surface area contributed by atoms with Crippen LogP contribution in [0.2, 0.25) is 0 Å². The summed E-state index contributed by atoms with van der Waals surface area (Å²) in [5.41, 5.74) is 3.40. The molecule has 1 heterocycles. The predicted octanol–water partition coefficient (Wildman–Crippen LogP) is 1.85. The van der Waals surface area contributed by atoms with Crippen molar-refractivity contribution in [3.8, 4) is 5.69 Å². The van der Waals surface area contributed by atoms with Gasteiger partial charge >= 0.3 is 0 Å². The van der Waals surface area contributed by atoms with Crippen molar-refractivity contribution in [1.82, 2.24) is 15.1 Å². The van der Waals surface area contributed by atoms with E-state index in [1.807, 2.05) is 45.0 Å². The zero-order chi connectivity index (χ0) is 15.4. The van der Waals surface area contributed by atoms with Gasteiger partial charge in [-0.3, -0.25) is 4.79 Å². The third kappa shape index (κ3) is 3.70. The highest BCUT2D eigenvalue weighted by atomic mass is 16.3. The molecule has 1 amide bonds. The van der Waals surface area contributed by atoms with Crippen LogP contribution in [-0.2, 0) is 0 Å². The molecule has 1 aromatic heterocycles. The lowest BCUT2D eigenvalue weighted by molar-refractivity contribution is 0.0937. The zero-order valence-electron chi connectivity index (χ0n) is 12.6. The highest BCUT2D eigenvalue weighted by Gasteiger charge is 2.13. The third-order valence-corrected chi connectivity index (χ3v) is 3.32. The summed E-state index contributed by atoms with van der Waals surface area (Å²) >= 11 is 0. The lowest BCUT2D eigenvalue weighted by atomic mass is 10.2. The van der Waals surface area contributed by atoms with Crippen LogP contribution in [0.1, 0.15) is 28.7 Å². The Morgan fingerprint density at radius 2 is 2.00 bits per heavy atom. The lowest BCUT2D eigenvalue weighted by Crippen LogP contribution is -2.29. The summed E-state index contributed by atoms with van der Waals surface area (Å²) in [6.45, 7) is 6.31. The second-order valence-corrected chi connectivity index (χ2v) is 5.42. The third-order valence-electron chi connectivity index (χ3n) is 3.32. The first kappa shape index (κ1) is 15.3. The van der Waals surface area contributed by atoms with E-state index in [0.717, 1.165) is 11.4 Å².